The van der Waals surface area contributed by atoms with E-state index in [0.717, 1.165) is 0 Å². The first-order chi connectivity index (χ1) is 10.5. The van der Waals surface area contributed by atoms with Crippen LogP contribution >= 0.6 is 0 Å². The lowest BCUT2D eigenvalue weighted by molar-refractivity contribution is 0.0975. The number of methoxy groups -OCH3 is 2. The smallest absolute Gasteiger partial charge is 0.198 e. The maximum absolute atomic E-state index is 12.6. The third-order valence-electron chi connectivity index (χ3n) is 3.61. The van der Waals surface area contributed by atoms with Crippen molar-refractivity contribution in [1.29, 1.82) is 0 Å². The van der Waals surface area contributed by atoms with Gasteiger partial charge in [-0.05, 0) is 18.2 Å². The minimum Gasteiger partial charge on any atom is -0.507 e. The van der Waals surface area contributed by atoms with Crippen LogP contribution in [-0.2, 0) is 0 Å². The Morgan fingerprint density at radius 2 is 1.45 bits per heavy atom. The quantitative estimate of drug-likeness (QED) is 0.750. The number of ketones is 2. The van der Waals surface area contributed by atoms with Gasteiger partial charge in [-0.25, -0.2) is 0 Å². The van der Waals surface area contributed by atoms with Gasteiger partial charge >= 0.3 is 0 Å². The molecule has 6 heteroatoms. The monoisotopic (exact) mass is 300 g/mol. The molecular weight excluding hydrogens is 288 g/mol. The van der Waals surface area contributed by atoms with Gasteiger partial charge in [0, 0.05) is 22.8 Å². The van der Waals surface area contributed by atoms with E-state index in [4.69, 9.17) is 9.47 Å². The second kappa shape index (κ2) is 4.77. The van der Waals surface area contributed by atoms with E-state index in [9.17, 15) is 19.8 Å². The second-order valence-corrected chi connectivity index (χ2v) is 4.80. The number of benzene rings is 2. The third-order valence-corrected chi connectivity index (χ3v) is 3.61. The first kappa shape index (κ1) is 13.9. The van der Waals surface area contributed by atoms with E-state index in [0.29, 0.717) is 0 Å². The summed E-state index contributed by atoms with van der Waals surface area (Å²) in [5, 5.41) is 19.8. The van der Waals surface area contributed by atoms with Crippen LogP contribution in [0.5, 0.6) is 23.0 Å². The minimum absolute atomic E-state index is 0.0407. The van der Waals surface area contributed by atoms with Gasteiger partial charge in [0.1, 0.15) is 11.5 Å². The van der Waals surface area contributed by atoms with E-state index < -0.39 is 11.6 Å². The Balaban J connectivity index is 2.30. The van der Waals surface area contributed by atoms with Crippen LogP contribution in [-0.4, -0.2) is 36.0 Å². The summed E-state index contributed by atoms with van der Waals surface area (Å²) in [7, 11) is 2.73. The Bertz CT molecular complexity index is 822. The van der Waals surface area contributed by atoms with Crippen molar-refractivity contribution in [1.82, 2.24) is 0 Å². The lowest BCUT2D eigenvalue weighted by Gasteiger charge is -2.20. The fourth-order valence-electron chi connectivity index (χ4n) is 2.52. The number of ether oxygens (including phenoxy) is 2. The molecular formula is C16H12O6. The van der Waals surface area contributed by atoms with Gasteiger partial charge in [-0.3, -0.25) is 9.59 Å². The highest BCUT2D eigenvalue weighted by Gasteiger charge is 2.34. The number of hydrogen-bond donors (Lipinski definition) is 2. The van der Waals surface area contributed by atoms with Gasteiger partial charge in [0.25, 0.3) is 0 Å². The molecule has 0 radical (unpaired) electrons. The molecule has 0 atom stereocenters. The van der Waals surface area contributed by atoms with Gasteiger partial charge in [-0.1, -0.05) is 0 Å². The van der Waals surface area contributed by atoms with Crippen LogP contribution in [0.3, 0.4) is 0 Å². The zero-order chi connectivity index (χ0) is 16.0. The van der Waals surface area contributed by atoms with Crippen LogP contribution in [0.25, 0.3) is 0 Å². The maximum atomic E-state index is 12.6. The summed E-state index contributed by atoms with van der Waals surface area (Å²) in [6, 6.07) is 5.14. The zero-order valence-corrected chi connectivity index (χ0v) is 11.8. The molecule has 0 saturated heterocycles. The number of phenols is 2. The molecule has 6 nitrogen and oxygen atoms in total. The summed E-state index contributed by atoms with van der Waals surface area (Å²) in [6.45, 7) is 0. The van der Waals surface area contributed by atoms with E-state index in [1.54, 1.807) is 0 Å². The van der Waals surface area contributed by atoms with Crippen molar-refractivity contribution in [2.75, 3.05) is 14.2 Å². The molecule has 2 aromatic carbocycles. The normalized spacial score (nSPS) is 12.6. The van der Waals surface area contributed by atoms with Gasteiger partial charge < -0.3 is 19.7 Å². The van der Waals surface area contributed by atoms with Crippen LogP contribution in [0, 0.1) is 0 Å². The van der Waals surface area contributed by atoms with Crippen molar-refractivity contribution < 1.29 is 29.3 Å². The zero-order valence-electron chi connectivity index (χ0n) is 11.8. The Hall–Kier alpha value is -3.02. The van der Waals surface area contributed by atoms with Crippen molar-refractivity contribution in [3.63, 3.8) is 0 Å². The topological polar surface area (TPSA) is 93.1 Å². The molecule has 0 aliphatic heterocycles. The molecule has 0 saturated carbocycles. The van der Waals surface area contributed by atoms with E-state index in [2.05, 4.69) is 0 Å². The molecule has 0 bridgehead atoms. The molecule has 0 amide bonds. The van der Waals surface area contributed by atoms with E-state index in [1.807, 2.05) is 0 Å². The fraction of sp³-hybridized carbons (Fsp3) is 0.125. The molecule has 0 heterocycles. The van der Waals surface area contributed by atoms with E-state index in [1.165, 1.54) is 38.5 Å². The molecule has 0 unspecified atom stereocenters. The van der Waals surface area contributed by atoms with Crippen molar-refractivity contribution in [2.45, 2.75) is 0 Å². The molecule has 3 rings (SSSR count). The average Bonchev–Trinajstić information content (AvgIpc) is 2.51. The Kier molecular flexibility index (Phi) is 3.02. The third kappa shape index (κ3) is 1.81. The highest BCUT2D eigenvalue weighted by molar-refractivity contribution is 6.29. The van der Waals surface area contributed by atoms with Gasteiger partial charge in [-0.15, -0.1) is 0 Å². The molecule has 0 aromatic heterocycles. The predicted molar refractivity (Wildman–Crippen MR) is 76.2 cm³/mol. The van der Waals surface area contributed by atoms with Crippen molar-refractivity contribution >= 4 is 11.6 Å². The van der Waals surface area contributed by atoms with Crippen LogP contribution < -0.4 is 9.47 Å². The summed E-state index contributed by atoms with van der Waals surface area (Å²) in [4.78, 5) is 25.1. The average molecular weight is 300 g/mol. The standard InChI is InChI=1S/C16H12O6/c1-21-7-3-10-14(12(18)4-7)16(20)9-6-13(22-2)11(17)5-8(9)15(10)19/h3-6,17-18H,1-2H3. The molecule has 0 spiro atoms. The van der Waals surface area contributed by atoms with Crippen LogP contribution in [0.4, 0.5) is 0 Å². The number of hydrogen-bond acceptors (Lipinski definition) is 6. The number of rotatable bonds is 2. The molecule has 1 aliphatic rings. The molecule has 2 N–H and O–H groups in total. The van der Waals surface area contributed by atoms with Crippen molar-refractivity contribution in [2.24, 2.45) is 0 Å². The number of aromatic hydroxyl groups is 2. The summed E-state index contributed by atoms with van der Waals surface area (Å²) in [6.07, 6.45) is 0. The highest BCUT2D eigenvalue weighted by Crippen LogP contribution is 2.39. The molecule has 1 aliphatic carbocycles. The number of carbonyl (C=O) groups excluding carboxylic acids is 2. The SMILES string of the molecule is COc1cc(O)c2c(c1)C(=O)c1cc(O)c(OC)cc1C2=O. The van der Waals surface area contributed by atoms with E-state index in [-0.39, 0.29) is 45.3 Å². The van der Waals surface area contributed by atoms with Gasteiger partial charge in [0.05, 0.1) is 19.8 Å². The lowest BCUT2D eigenvalue weighted by Crippen LogP contribution is -2.21. The van der Waals surface area contributed by atoms with Gasteiger partial charge in [0.15, 0.2) is 23.1 Å². The minimum atomic E-state index is -0.511. The summed E-state index contributed by atoms with van der Waals surface area (Å²) in [5.41, 5.74) is 0.0982. The van der Waals surface area contributed by atoms with Gasteiger partial charge in [0.2, 0.25) is 0 Å². The maximum Gasteiger partial charge on any atom is 0.198 e. The fourth-order valence-corrected chi connectivity index (χ4v) is 2.52. The molecule has 112 valence electrons. The van der Waals surface area contributed by atoms with Crippen LogP contribution in [0.15, 0.2) is 24.3 Å². The molecule has 22 heavy (non-hydrogen) atoms. The second-order valence-electron chi connectivity index (χ2n) is 4.80. The number of carbonyl (C=O) groups is 2. The molecule has 0 fully saturated rings. The van der Waals surface area contributed by atoms with Crippen molar-refractivity contribution in [3.05, 3.63) is 46.5 Å². The van der Waals surface area contributed by atoms with Gasteiger partial charge in [-0.2, -0.15) is 0 Å². The van der Waals surface area contributed by atoms with Crippen LogP contribution in [0.2, 0.25) is 0 Å². The largest absolute Gasteiger partial charge is 0.507 e. The first-order valence-electron chi connectivity index (χ1n) is 6.39. The Morgan fingerprint density at radius 1 is 0.773 bits per heavy atom. The van der Waals surface area contributed by atoms with Crippen LogP contribution in [0.1, 0.15) is 31.8 Å². The Morgan fingerprint density at radius 3 is 2.09 bits per heavy atom. The van der Waals surface area contributed by atoms with E-state index >= 15 is 0 Å². The Labute approximate surface area is 125 Å². The number of fused-ring (bicyclic) bond motifs is 2. The summed E-state index contributed by atoms with van der Waals surface area (Å²) < 4.78 is 9.95. The predicted octanol–water partition coefficient (Wildman–Crippen LogP) is 1.89. The lowest BCUT2D eigenvalue weighted by atomic mass is 9.83. The first-order valence-corrected chi connectivity index (χ1v) is 6.39. The molecule has 2 aromatic rings. The highest BCUT2D eigenvalue weighted by atomic mass is 16.5. The number of phenolic OH excluding ortho intramolecular Hbond substituents is 2. The summed E-state index contributed by atoms with van der Waals surface area (Å²) >= 11 is 0. The van der Waals surface area contributed by atoms with Crippen molar-refractivity contribution in [3.8, 4) is 23.0 Å². The summed E-state index contributed by atoms with van der Waals surface area (Å²) in [5.74, 6) is -1.21.